The molecule has 3 aromatic rings. The molecule has 2 aliphatic rings. The van der Waals surface area contributed by atoms with E-state index in [1.165, 1.54) is 0 Å². The first-order valence-electron chi connectivity index (χ1n) is 12.5. The summed E-state index contributed by atoms with van der Waals surface area (Å²) in [6, 6.07) is 20.7. The molecule has 0 spiro atoms. The number of rotatable bonds is 8. The van der Waals surface area contributed by atoms with Gasteiger partial charge < -0.3 is 24.8 Å². The van der Waals surface area contributed by atoms with Gasteiger partial charge >= 0.3 is 0 Å². The van der Waals surface area contributed by atoms with Crippen LogP contribution >= 0.6 is 11.6 Å². The molecular formula is C29H31ClN2O4. The van der Waals surface area contributed by atoms with Crippen molar-refractivity contribution in [2.75, 3.05) is 32.8 Å². The predicted octanol–water partition coefficient (Wildman–Crippen LogP) is 4.63. The van der Waals surface area contributed by atoms with Crippen molar-refractivity contribution < 1.29 is 19.4 Å². The number of likely N-dealkylation sites (tertiary alicyclic amines) is 1. The molecule has 0 bridgehead atoms. The molecule has 0 radical (unpaired) electrons. The smallest absolute Gasteiger partial charge is 0.224 e. The van der Waals surface area contributed by atoms with E-state index in [2.05, 4.69) is 10.2 Å². The third kappa shape index (κ3) is 6.01. The minimum atomic E-state index is -0.865. The molecule has 188 valence electrons. The first kappa shape index (κ1) is 24.6. The van der Waals surface area contributed by atoms with E-state index < -0.39 is 12.1 Å². The molecule has 2 heterocycles. The average Bonchev–Trinajstić information content (AvgIpc) is 3.41. The first-order chi connectivity index (χ1) is 17.5. The molecule has 0 saturated carbocycles. The lowest BCUT2D eigenvalue weighted by Crippen LogP contribution is -2.47. The fourth-order valence-electron chi connectivity index (χ4n) is 4.87. The fraction of sp³-hybridized carbons (Fsp3) is 0.345. The Balaban J connectivity index is 1.27. The highest BCUT2D eigenvalue weighted by Gasteiger charge is 2.28. The number of benzene rings is 3. The molecule has 3 aromatic carbocycles. The van der Waals surface area contributed by atoms with Crippen LogP contribution < -0.4 is 14.8 Å². The summed E-state index contributed by atoms with van der Waals surface area (Å²) < 4.78 is 11.3. The molecule has 1 fully saturated rings. The molecule has 0 aliphatic carbocycles. The second-order valence-electron chi connectivity index (χ2n) is 9.41. The summed E-state index contributed by atoms with van der Waals surface area (Å²) in [4.78, 5) is 15.4. The SMILES string of the molecule is O=C(Cc1ccc(-c2cccc(Cl)c2)cc1)NC(CN1CCCC1)C(O)c1ccc2c(c1)OCCO2. The number of aliphatic hydroxyl groups excluding tert-OH is 1. The van der Waals surface area contributed by atoms with E-state index in [9.17, 15) is 9.90 Å². The van der Waals surface area contributed by atoms with Crippen LogP contribution in [0.3, 0.4) is 0 Å². The molecule has 1 amide bonds. The van der Waals surface area contributed by atoms with Crippen molar-refractivity contribution in [3.8, 4) is 22.6 Å². The summed E-state index contributed by atoms with van der Waals surface area (Å²) in [5.41, 5.74) is 3.69. The largest absolute Gasteiger partial charge is 0.486 e. The number of halogens is 1. The van der Waals surface area contributed by atoms with Crippen LogP contribution in [0.4, 0.5) is 0 Å². The molecule has 5 rings (SSSR count). The predicted molar refractivity (Wildman–Crippen MR) is 141 cm³/mol. The molecule has 36 heavy (non-hydrogen) atoms. The zero-order valence-electron chi connectivity index (χ0n) is 20.2. The Bertz CT molecular complexity index is 1190. The summed E-state index contributed by atoms with van der Waals surface area (Å²) in [7, 11) is 0. The Morgan fingerprint density at radius 1 is 0.944 bits per heavy atom. The molecule has 2 atom stereocenters. The van der Waals surface area contributed by atoms with Gasteiger partial charge in [-0.3, -0.25) is 4.79 Å². The second kappa shape index (κ2) is 11.3. The Morgan fingerprint density at radius 2 is 1.69 bits per heavy atom. The van der Waals surface area contributed by atoms with Crippen molar-refractivity contribution in [1.82, 2.24) is 10.2 Å². The summed E-state index contributed by atoms with van der Waals surface area (Å²) in [5, 5.41) is 15.1. The van der Waals surface area contributed by atoms with Crippen LogP contribution in [-0.2, 0) is 11.2 Å². The van der Waals surface area contributed by atoms with Crippen LogP contribution in [0.15, 0.2) is 66.7 Å². The van der Waals surface area contributed by atoms with Gasteiger partial charge in [-0.25, -0.2) is 0 Å². The maximum Gasteiger partial charge on any atom is 0.224 e. The van der Waals surface area contributed by atoms with Gasteiger partial charge in [-0.2, -0.15) is 0 Å². The number of amides is 1. The van der Waals surface area contributed by atoms with Gasteiger partial charge in [-0.05, 0) is 72.5 Å². The van der Waals surface area contributed by atoms with E-state index in [4.69, 9.17) is 21.1 Å². The molecule has 1 saturated heterocycles. The molecule has 7 heteroatoms. The van der Waals surface area contributed by atoms with E-state index >= 15 is 0 Å². The Labute approximate surface area is 216 Å². The monoisotopic (exact) mass is 506 g/mol. The lowest BCUT2D eigenvalue weighted by molar-refractivity contribution is -0.122. The van der Waals surface area contributed by atoms with Gasteiger partial charge in [0.25, 0.3) is 0 Å². The number of fused-ring (bicyclic) bond motifs is 1. The quantitative estimate of drug-likeness (QED) is 0.466. The molecule has 0 aromatic heterocycles. The third-order valence-electron chi connectivity index (χ3n) is 6.77. The topological polar surface area (TPSA) is 71.0 Å². The van der Waals surface area contributed by atoms with Gasteiger partial charge in [-0.15, -0.1) is 0 Å². The number of carbonyl (C=O) groups is 1. The van der Waals surface area contributed by atoms with E-state index in [1.807, 2.05) is 66.7 Å². The van der Waals surface area contributed by atoms with Gasteiger partial charge in [-0.1, -0.05) is 54.1 Å². The van der Waals surface area contributed by atoms with Crippen molar-refractivity contribution in [1.29, 1.82) is 0 Å². The van der Waals surface area contributed by atoms with E-state index in [1.54, 1.807) is 0 Å². The number of carbonyl (C=O) groups excluding carboxylic acids is 1. The van der Waals surface area contributed by atoms with Crippen molar-refractivity contribution in [3.63, 3.8) is 0 Å². The Kier molecular flexibility index (Phi) is 7.75. The van der Waals surface area contributed by atoms with E-state index in [-0.39, 0.29) is 12.3 Å². The van der Waals surface area contributed by atoms with Gasteiger partial charge in [0.1, 0.15) is 19.3 Å². The normalized spacial score (nSPS) is 16.9. The van der Waals surface area contributed by atoms with Crippen LogP contribution in [0.5, 0.6) is 11.5 Å². The van der Waals surface area contributed by atoms with Gasteiger partial charge in [0.15, 0.2) is 11.5 Å². The number of hydrogen-bond acceptors (Lipinski definition) is 5. The number of hydrogen-bond donors (Lipinski definition) is 2. The fourth-order valence-corrected chi connectivity index (χ4v) is 5.06. The molecule has 2 N–H and O–H groups in total. The highest BCUT2D eigenvalue weighted by molar-refractivity contribution is 6.30. The average molecular weight is 507 g/mol. The minimum Gasteiger partial charge on any atom is -0.486 e. The van der Waals surface area contributed by atoms with Crippen molar-refractivity contribution in [2.45, 2.75) is 31.4 Å². The van der Waals surface area contributed by atoms with Gasteiger partial charge in [0.2, 0.25) is 5.91 Å². The lowest BCUT2D eigenvalue weighted by atomic mass is 10.00. The second-order valence-corrected chi connectivity index (χ2v) is 9.85. The summed E-state index contributed by atoms with van der Waals surface area (Å²) >= 11 is 6.12. The molecule has 2 unspecified atom stereocenters. The Hall–Kier alpha value is -3.06. The number of aliphatic hydroxyl groups is 1. The molecule has 2 aliphatic heterocycles. The van der Waals surface area contributed by atoms with Crippen molar-refractivity contribution in [2.24, 2.45) is 0 Å². The van der Waals surface area contributed by atoms with E-state index in [0.29, 0.717) is 41.8 Å². The standard InChI is InChI=1S/C29H31ClN2O4/c30-24-5-3-4-22(17-24)21-8-6-20(7-9-21)16-28(33)31-25(19-32-12-1-2-13-32)29(34)23-10-11-26-27(18-23)36-15-14-35-26/h3-11,17-18,25,29,34H,1-2,12-16,19H2,(H,31,33). The maximum absolute atomic E-state index is 13.1. The molecular weight excluding hydrogens is 476 g/mol. The van der Waals surface area contributed by atoms with Gasteiger partial charge in [0.05, 0.1) is 12.5 Å². The number of nitrogens with zero attached hydrogens (tertiary/aromatic N) is 1. The highest BCUT2D eigenvalue weighted by Crippen LogP contribution is 2.33. The first-order valence-corrected chi connectivity index (χ1v) is 12.9. The summed E-state index contributed by atoms with van der Waals surface area (Å²) in [5.74, 6) is 1.19. The third-order valence-corrected chi connectivity index (χ3v) is 7.00. The Morgan fingerprint density at radius 3 is 2.44 bits per heavy atom. The van der Waals surface area contributed by atoms with E-state index in [0.717, 1.165) is 42.6 Å². The van der Waals surface area contributed by atoms with Crippen molar-refractivity contribution >= 4 is 17.5 Å². The zero-order valence-corrected chi connectivity index (χ0v) is 20.9. The lowest BCUT2D eigenvalue weighted by Gasteiger charge is -2.29. The van der Waals surface area contributed by atoms with Gasteiger partial charge in [0, 0.05) is 11.6 Å². The van der Waals surface area contributed by atoms with Crippen LogP contribution in [0.2, 0.25) is 5.02 Å². The van der Waals surface area contributed by atoms with Crippen LogP contribution in [0, 0.1) is 0 Å². The van der Waals surface area contributed by atoms with Crippen LogP contribution in [-0.4, -0.2) is 54.8 Å². The number of nitrogens with one attached hydrogen (secondary N) is 1. The van der Waals surface area contributed by atoms with Crippen LogP contribution in [0.1, 0.15) is 30.1 Å². The van der Waals surface area contributed by atoms with Crippen molar-refractivity contribution in [3.05, 3.63) is 82.9 Å². The number of ether oxygens (including phenoxy) is 2. The summed E-state index contributed by atoms with van der Waals surface area (Å²) in [6.07, 6.45) is 1.65. The zero-order chi connectivity index (χ0) is 24.9. The molecule has 6 nitrogen and oxygen atoms in total. The maximum atomic E-state index is 13.1. The van der Waals surface area contributed by atoms with Crippen LogP contribution in [0.25, 0.3) is 11.1 Å². The summed E-state index contributed by atoms with van der Waals surface area (Å²) in [6.45, 7) is 3.55. The minimum absolute atomic E-state index is 0.119. The highest BCUT2D eigenvalue weighted by atomic mass is 35.5.